The zero-order chi connectivity index (χ0) is 37.8. The Morgan fingerprint density at radius 3 is 1.33 bits per heavy atom. The van der Waals surface area contributed by atoms with Crippen molar-refractivity contribution in [2.24, 2.45) is 0 Å². The monoisotopic (exact) mass is 721 g/mol. The second-order valence-electron chi connectivity index (χ2n) is 13.3. The summed E-state index contributed by atoms with van der Waals surface area (Å²) in [4.78, 5) is 24.3. The highest BCUT2D eigenvalue weighted by molar-refractivity contribution is 5.70. The van der Waals surface area contributed by atoms with Gasteiger partial charge in [0.1, 0.15) is 6.61 Å². The van der Waals surface area contributed by atoms with Crippen molar-refractivity contribution in [3.8, 4) is 0 Å². The van der Waals surface area contributed by atoms with E-state index in [2.05, 4.69) is 98.9 Å². The predicted molar refractivity (Wildman–Crippen MR) is 223 cm³/mol. The molecule has 0 radical (unpaired) electrons. The van der Waals surface area contributed by atoms with Crippen LogP contribution in [-0.2, 0) is 19.1 Å². The molecule has 0 rings (SSSR count). The first-order valence-electron chi connectivity index (χ1n) is 20.8. The summed E-state index contributed by atoms with van der Waals surface area (Å²) >= 11 is 0. The minimum atomic E-state index is -0.819. The van der Waals surface area contributed by atoms with Gasteiger partial charge in [0.05, 0.1) is 6.61 Å². The molecule has 5 heteroatoms. The Morgan fingerprint density at radius 2 is 0.865 bits per heavy atom. The number of carbonyl (C=O) groups is 2. The normalized spacial score (nSPS) is 13.2. The van der Waals surface area contributed by atoms with E-state index in [1.165, 1.54) is 70.6 Å². The largest absolute Gasteiger partial charge is 0.462 e. The van der Waals surface area contributed by atoms with E-state index in [4.69, 9.17) is 9.47 Å². The van der Waals surface area contributed by atoms with Crippen molar-refractivity contribution < 1.29 is 24.2 Å². The van der Waals surface area contributed by atoms with Crippen LogP contribution in [0.25, 0.3) is 0 Å². The van der Waals surface area contributed by atoms with Crippen LogP contribution in [0.1, 0.15) is 168 Å². The van der Waals surface area contributed by atoms with Crippen molar-refractivity contribution in [3.05, 3.63) is 97.2 Å². The van der Waals surface area contributed by atoms with Gasteiger partial charge in [-0.2, -0.15) is 0 Å². The molecule has 0 saturated carbocycles. The highest BCUT2D eigenvalue weighted by Crippen LogP contribution is 2.12. The van der Waals surface area contributed by atoms with E-state index < -0.39 is 12.1 Å². The number of carbonyl (C=O) groups excluding carboxylic acids is 2. The molecule has 0 aliphatic heterocycles. The molecule has 0 saturated heterocycles. The van der Waals surface area contributed by atoms with Gasteiger partial charge in [-0.05, 0) is 83.5 Å². The Hall–Kier alpha value is -3.18. The fourth-order valence-electron chi connectivity index (χ4n) is 5.26. The third-order valence-electron chi connectivity index (χ3n) is 8.38. The fraction of sp³-hybridized carbons (Fsp3) is 0.617. The molecule has 0 heterocycles. The van der Waals surface area contributed by atoms with Gasteiger partial charge in [-0.15, -0.1) is 0 Å². The molecule has 0 aromatic carbocycles. The van der Waals surface area contributed by atoms with Crippen LogP contribution in [0.4, 0.5) is 0 Å². The zero-order valence-electron chi connectivity index (χ0n) is 33.3. The second kappa shape index (κ2) is 42.2. The van der Waals surface area contributed by atoms with Crippen LogP contribution < -0.4 is 0 Å². The second-order valence-corrected chi connectivity index (χ2v) is 13.3. The average molecular weight is 721 g/mol. The summed E-state index contributed by atoms with van der Waals surface area (Å²) in [7, 11) is 0. The average Bonchev–Trinajstić information content (AvgIpc) is 3.15. The molecule has 0 aliphatic carbocycles. The van der Waals surface area contributed by atoms with E-state index in [0.717, 1.165) is 64.2 Å². The summed E-state index contributed by atoms with van der Waals surface area (Å²) in [5, 5.41) is 9.56. The van der Waals surface area contributed by atoms with E-state index in [0.29, 0.717) is 12.8 Å². The number of hydrogen-bond acceptors (Lipinski definition) is 5. The SMILES string of the molecule is CC/C=C/C/C=C/C/C=C/C/C=C/C/C=C/C/C=C/CCC(=O)O[C@@H](CO)COC(=O)CCCCCCCCCCC/C=C/C/C=C/CCCCC. The standard InChI is InChI=1S/C47H76O5/c1-3-5-7-9-11-13-15-17-19-21-23-25-27-29-31-33-35-37-39-41-46(49)51-44-45(43-48)52-47(50)42-40-38-36-34-32-30-28-26-24-22-20-18-16-14-12-10-8-6-4-2/h6,8,11-14,17-20,24,26,30,32,36,38,45,48H,3-5,7,9-10,15-16,21-23,25,27-29,31,33-35,37,39-44H2,1-2H3/b8-6+,13-11+,14-12+,19-17+,20-18+,26-24+,32-30+,38-36+/t45-/m0/s1. The van der Waals surface area contributed by atoms with Gasteiger partial charge in [0, 0.05) is 12.8 Å². The van der Waals surface area contributed by atoms with Crippen molar-refractivity contribution in [1.29, 1.82) is 0 Å². The zero-order valence-corrected chi connectivity index (χ0v) is 33.3. The number of esters is 2. The number of rotatable bonds is 36. The smallest absolute Gasteiger partial charge is 0.306 e. The summed E-state index contributed by atoms with van der Waals surface area (Å²) in [6.07, 6.45) is 59.1. The Morgan fingerprint density at radius 1 is 0.462 bits per heavy atom. The maximum Gasteiger partial charge on any atom is 0.306 e. The van der Waals surface area contributed by atoms with Gasteiger partial charge in [0.25, 0.3) is 0 Å². The number of aliphatic hydroxyl groups excluding tert-OH is 1. The lowest BCUT2D eigenvalue weighted by atomic mass is 10.1. The van der Waals surface area contributed by atoms with E-state index in [1.54, 1.807) is 0 Å². The fourth-order valence-corrected chi connectivity index (χ4v) is 5.26. The Kier molecular flexibility index (Phi) is 39.7. The van der Waals surface area contributed by atoms with Crippen LogP contribution >= 0.6 is 0 Å². The van der Waals surface area contributed by atoms with Crippen molar-refractivity contribution in [2.75, 3.05) is 13.2 Å². The molecule has 294 valence electrons. The van der Waals surface area contributed by atoms with Gasteiger partial charge >= 0.3 is 11.9 Å². The number of aliphatic hydroxyl groups is 1. The topological polar surface area (TPSA) is 72.8 Å². The molecule has 0 aliphatic rings. The van der Waals surface area contributed by atoms with E-state index >= 15 is 0 Å². The summed E-state index contributed by atoms with van der Waals surface area (Å²) in [5.74, 6) is -0.701. The van der Waals surface area contributed by atoms with E-state index in [1.807, 2.05) is 12.2 Å². The molecule has 0 amide bonds. The highest BCUT2D eigenvalue weighted by Gasteiger charge is 2.15. The molecule has 5 nitrogen and oxygen atoms in total. The Bertz CT molecular complexity index is 1040. The number of hydrogen-bond donors (Lipinski definition) is 1. The lowest BCUT2D eigenvalue weighted by Crippen LogP contribution is -2.28. The van der Waals surface area contributed by atoms with Crippen molar-refractivity contribution in [2.45, 2.75) is 174 Å². The van der Waals surface area contributed by atoms with Gasteiger partial charge < -0.3 is 14.6 Å². The lowest BCUT2D eigenvalue weighted by Gasteiger charge is -2.15. The number of ether oxygens (including phenoxy) is 2. The van der Waals surface area contributed by atoms with Gasteiger partial charge in [0.2, 0.25) is 0 Å². The van der Waals surface area contributed by atoms with Crippen molar-refractivity contribution >= 4 is 11.9 Å². The van der Waals surface area contributed by atoms with Crippen LogP contribution in [0, 0.1) is 0 Å². The van der Waals surface area contributed by atoms with E-state index in [-0.39, 0.29) is 25.6 Å². The molecule has 0 bridgehead atoms. The number of unbranched alkanes of at least 4 members (excludes halogenated alkanes) is 12. The first-order chi connectivity index (χ1) is 25.6. The molecule has 1 atom stereocenters. The summed E-state index contributed by atoms with van der Waals surface area (Å²) in [6.45, 7) is 3.92. The molecule has 0 aromatic heterocycles. The molecule has 0 spiro atoms. The number of allylic oxidation sites excluding steroid dienone is 16. The van der Waals surface area contributed by atoms with E-state index in [9.17, 15) is 14.7 Å². The van der Waals surface area contributed by atoms with Gasteiger partial charge in [-0.3, -0.25) is 9.59 Å². The van der Waals surface area contributed by atoms with Crippen LogP contribution in [0.5, 0.6) is 0 Å². The van der Waals surface area contributed by atoms with Crippen LogP contribution in [0.2, 0.25) is 0 Å². The third-order valence-corrected chi connectivity index (χ3v) is 8.38. The van der Waals surface area contributed by atoms with Crippen LogP contribution in [0.15, 0.2) is 97.2 Å². The highest BCUT2D eigenvalue weighted by atomic mass is 16.6. The Labute approximate surface area is 319 Å². The van der Waals surface area contributed by atoms with Crippen molar-refractivity contribution in [3.63, 3.8) is 0 Å². The third kappa shape index (κ3) is 39.6. The molecule has 0 fully saturated rings. The minimum Gasteiger partial charge on any atom is -0.462 e. The quantitative estimate of drug-likeness (QED) is 0.0396. The first-order valence-corrected chi connectivity index (χ1v) is 20.8. The summed E-state index contributed by atoms with van der Waals surface area (Å²) < 4.78 is 10.6. The van der Waals surface area contributed by atoms with Crippen LogP contribution in [0.3, 0.4) is 0 Å². The van der Waals surface area contributed by atoms with Gasteiger partial charge in [-0.1, -0.05) is 169 Å². The Balaban J connectivity index is 3.70. The maximum atomic E-state index is 12.2. The first kappa shape index (κ1) is 48.8. The van der Waals surface area contributed by atoms with Gasteiger partial charge in [-0.25, -0.2) is 0 Å². The summed E-state index contributed by atoms with van der Waals surface area (Å²) in [6, 6.07) is 0. The maximum absolute atomic E-state index is 12.2. The van der Waals surface area contributed by atoms with Crippen LogP contribution in [-0.4, -0.2) is 36.4 Å². The predicted octanol–water partition coefficient (Wildman–Crippen LogP) is 13.3. The minimum absolute atomic E-state index is 0.104. The lowest BCUT2D eigenvalue weighted by molar-refractivity contribution is -0.161. The molecule has 0 aromatic rings. The molecular weight excluding hydrogens is 645 g/mol. The van der Waals surface area contributed by atoms with Crippen molar-refractivity contribution in [1.82, 2.24) is 0 Å². The molecule has 1 N–H and O–H groups in total. The molecule has 52 heavy (non-hydrogen) atoms. The molecular formula is C47H76O5. The summed E-state index contributed by atoms with van der Waals surface area (Å²) in [5.41, 5.74) is 0. The van der Waals surface area contributed by atoms with Gasteiger partial charge in [0.15, 0.2) is 6.10 Å². The molecule has 0 unspecified atom stereocenters.